The van der Waals surface area contributed by atoms with Crippen molar-refractivity contribution in [1.82, 2.24) is 10.2 Å². The summed E-state index contributed by atoms with van der Waals surface area (Å²) in [5, 5.41) is 3.68. The molecule has 1 saturated heterocycles. The van der Waals surface area contributed by atoms with E-state index in [2.05, 4.69) is 30.3 Å². The summed E-state index contributed by atoms with van der Waals surface area (Å²) in [4.78, 5) is 2.58. The zero-order valence-electron chi connectivity index (χ0n) is 10.5. The quantitative estimate of drug-likeness (QED) is 0.704. The molecule has 1 rings (SSSR count). The summed E-state index contributed by atoms with van der Waals surface area (Å²) in [6, 6.07) is 1.50. The highest BCUT2D eigenvalue weighted by atomic mass is 32.2. The minimum atomic E-state index is 0.724. The Labute approximate surface area is 99.2 Å². The molecule has 0 amide bonds. The third-order valence-corrected chi connectivity index (χ3v) is 3.92. The molecule has 1 aliphatic rings. The molecule has 0 aliphatic carbocycles. The van der Waals surface area contributed by atoms with Crippen molar-refractivity contribution in [2.75, 3.05) is 31.6 Å². The fourth-order valence-electron chi connectivity index (χ4n) is 2.14. The number of likely N-dealkylation sites (tertiary alicyclic amines) is 1. The number of hydrogen-bond donors (Lipinski definition) is 1. The Hall–Kier alpha value is 0.270. The number of piperidine rings is 1. The van der Waals surface area contributed by atoms with E-state index in [-0.39, 0.29) is 0 Å². The highest BCUT2D eigenvalue weighted by molar-refractivity contribution is 7.98. The van der Waals surface area contributed by atoms with Crippen LogP contribution in [0.1, 0.15) is 33.1 Å². The summed E-state index contributed by atoms with van der Waals surface area (Å²) in [6.07, 6.45) is 6.15. The highest BCUT2D eigenvalue weighted by Gasteiger charge is 2.19. The smallest absolute Gasteiger partial charge is 0.00914 e. The molecule has 1 fully saturated rings. The van der Waals surface area contributed by atoms with E-state index in [1.165, 1.54) is 44.6 Å². The zero-order chi connectivity index (χ0) is 11.1. The van der Waals surface area contributed by atoms with Crippen molar-refractivity contribution < 1.29 is 0 Å². The molecule has 0 aromatic rings. The van der Waals surface area contributed by atoms with E-state index in [4.69, 9.17) is 0 Å². The van der Waals surface area contributed by atoms with Crippen molar-refractivity contribution in [3.05, 3.63) is 0 Å². The molecule has 0 saturated carbocycles. The molecule has 15 heavy (non-hydrogen) atoms. The lowest BCUT2D eigenvalue weighted by Gasteiger charge is -2.35. The summed E-state index contributed by atoms with van der Waals surface area (Å²) in [7, 11) is 0. The van der Waals surface area contributed by atoms with Crippen molar-refractivity contribution >= 4 is 11.8 Å². The van der Waals surface area contributed by atoms with Crippen molar-refractivity contribution in [2.45, 2.75) is 45.2 Å². The summed E-state index contributed by atoms with van der Waals surface area (Å²) in [5.41, 5.74) is 0. The topological polar surface area (TPSA) is 15.3 Å². The summed E-state index contributed by atoms with van der Waals surface area (Å²) in [5.74, 6) is 1.29. The Balaban J connectivity index is 2.04. The Morgan fingerprint density at radius 3 is 2.53 bits per heavy atom. The molecule has 1 N–H and O–H groups in total. The van der Waals surface area contributed by atoms with Crippen molar-refractivity contribution in [3.63, 3.8) is 0 Å². The fraction of sp³-hybridized carbons (Fsp3) is 1.00. The molecule has 0 aromatic heterocycles. The first kappa shape index (κ1) is 13.3. The highest BCUT2D eigenvalue weighted by Crippen LogP contribution is 2.12. The molecule has 0 aromatic carbocycles. The number of rotatable bonds is 6. The molecule has 2 nitrogen and oxygen atoms in total. The van der Waals surface area contributed by atoms with Gasteiger partial charge in [-0.15, -0.1) is 0 Å². The lowest BCUT2D eigenvalue weighted by molar-refractivity contribution is 0.161. The maximum atomic E-state index is 3.68. The third kappa shape index (κ3) is 5.23. The molecule has 90 valence electrons. The molecule has 0 unspecified atom stereocenters. The second-order valence-electron chi connectivity index (χ2n) is 4.70. The predicted octanol–water partition coefficient (Wildman–Crippen LogP) is 2.20. The zero-order valence-corrected chi connectivity index (χ0v) is 11.3. The largest absolute Gasteiger partial charge is 0.314 e. The van der Waals surface area contributed by atoms with Crippen LogP contribution in [-0.2, 0) is 0 Å². The first-order chi connectivity index (χ1) is 7.24. The van der Waals surface area contributed by atoms with E-state index in [1.54, 1.807) is 0 Å². The van der Waals surface area contributed by atoms with Crippen LogP contribution in [0.25, 0.3) is 0 Å². The van der Waals surface area contributed by atoms with Crippen molar-refractivity contribution in [1.29, 1.82) is 0 Å². The van der Waals surface area contributed by atoms with Crippen LogP contribution in [0.15, 0.2) is 0 Å². The normalized spacial score (nSPS) is 20.0. The number of nitrogens with zero attached hydrogens (tertiary/aromatic N) is 1. The van der Waals surface area contributed by atoms with Gasteiger partial charge in [0.05, 0.1) is 0 Å². The molecule has 3 heteroatoms. The van der Waals surface area contributed by atoms with Crippen LogP contribution in [0.3, 0.4) is 0 Å². The van der Waals surface area contributed by atoms with E-state index >= 15 is 0 Å². The van der Waals surface area contributed by atoms with Crippen LogP contribution in [0.5, 0.6) is 0 Å². The minimum Gasteiger partial charge on any atom is -0.314 e. The van der Waals surface area contributed by atoms with Gasteiger partial charge in [0.1, 0.15) is 0 Å². The Morgan fingerprint density at radius 1 is 1.33 bits per heavy atom. The van der Waals surface area contributed by atoms with E-state index in [9.17, 15) is 0 Å². The number of hydrogen-bond acceptors (Lipinski definition) is 3. The van der Waals surface area contributed by atoms with Gasteiger partial charge >= 0.3 is 0 Å². The van der Waals surface area contributed by atoms with Crippen LogP contribution in [-0.4, -0.2) is 48.6 Å². The Kier molecular flexibility index (Phi) is 6.69. The molecule has 1 aliphatic heterocycles. The van der Waals surface area contributed by atoms with Gasteiger partial charge in [-0.25, -0.2) is 0 Å². The van der Waals surface area contributed by atoms with E-state index in [0.29, 0.717) is 0 Å². The molecule has 0 atom stereocenters. The monoisotopic (exact) mass is 230 g/mol. The van der Waals surface area contributed by atoms with E-state index < -0.39 is 0 Å². The maximum absolute atomic E-state index is 3.68. The third-order valence-electron chi connectivity index (χ3n) is 3.22. The summed E-state index contributed by atoms with van der Waals surface area (Å²) in [6.45, 7) is 8.35. The standard InChI is InChI=1S/C12H26N2S/c1-11(2)14-8-5-12(6-9-14)13-7-4-10-15-3/h11-13H,4-10H2,1-3H3. The lowest BCUT2D eigenvalue weighted by Crippen LogP contribution is -2.45. The van der Waals surface area contributed by atoms with Crippen molar-refractivity contribution in [3.8, 4) is 0 Å². The summed E-state index contributed by atoms with van der Waals surface area (Å²) >= 11 is 1.94. The summed E-state index contributed by atoms with van der Waals surface area (Å²) < 4.78 is 0. The van der Waals surface area contributed by atoms with Gasteiger partial charge in [-0.1, -0.05) is 0 Å². The number of nitrogens with one attached hydrogen (secondary N) is 1. The first-order valence-corrected chi connectivity index (χ1v) is 7.59. The lowest BCUT2D eigenvalue weighted by atomic mass is 10.0. The van der Waals surface area contributed by atoms with Gasteiger partial charge in [-0.3, -0.25) is 0 Å². The van der Waals surface area contributed by atoms with Gasteiger partial charge in [0.2, 0.25) is 0 Å². The average Bonchev–Trinajstić information content (AvgIpc) is 2.25. The van der Waals surface area contributed by atoms with Gasteiger partial charge in [0.15, 0.2) is 0 Å². The van der Waals surface area contributed by atoms with Gasteiger partial charge < -0.3 is 10.2 Å². The van der Waals surface area contributed by atoms with Gasteiger partial charge in [0, 0.05) is 12.1 Å². The molecular weight excluding hydrogens is 204 g/mol. The molecule has 0 radical (unpaired) electrons. The second-order valence-corrected chi connectivity index (χ2v) is 5.69. The number of thioether (sulfide) groups is 1. The molecule has 1 heterocycles. The van der Waals surface area contributed by atoms with Gasteiger partial charge in [-0.05, 0) is 64.8 Å². The SMILES string of the molecule is CSCCCNC1CCN(C(C)C)CC1. The van der Waals surface area contributed by atoms with Gasteiger partial charge in [0.25, 0.3) is 0 Å². The Morgan fingerprint density at radius 2 is 2.00 bits per heavy atom. The Bertz CT molecular complexity index is 154. The predicted molar refractivity (Wildman–Crippen MR) is 70.7 cm³/mol. The second kappa shape index (κ2) is 7.53. The van der Waals surface area contributed by atoms with Crippen LogP contribution in [0.2, 0.25) is 0 Å². The fourth-order valence-corrected chi connectivity index (χ4v) is 2.58. The van der Waals surface area contributed by atoms with E-state index in [1.807, 2.05) is 11.8 Å². The van der Waals surface area contributed by atoms with Crippen LogP contribution < -0.4 is 5.32 Å². The molecular formula is C12H26N2S. The average molecular weight is 230 g/mol. The molecule has 0 spiro atoms. The maximum Gasteiger partial charge on any atom is 0.00914 e. The first-order valence-electron chi connectivity index (χ1n) is 6.20. The van der Waals surface area contributed by atoms with Crippen molar-refractivity contribution in [2.24, 2.45) is 0 Å². The van der Waals surface area contributed by atoms with Gasteiger partial charge in [-0.2, -0.15) is 11.8 Å². The van der Waals surface area contributed by atoms with Crippen LogP contribution in [0, 0.1) is 0 Å². The van der Waals surface area contributed by atoms with E-state index in [0.717, 1.165) is 12.1 Å². The minimum absolute atomic E-state index is 0.724. The van der Waals surface area contributed by atoms with Crippen LogP contribution >= 0.6 is 11.8 Å². The van der Waals surface area contributed by atoms with Crippen LogP contribution in [0.4, 0.5) is 0 Å². The molecule has 0 bridgehead atoms.